The molecular weight excluding hydrogens is 511 g/mol. The predicted molar refractivity (Wildman–Crippen MR) is 139 cm³/mol. The smallest absolute Gasteiger partial charge is 0.351 e. The van der Waals surface area contributed by atoms with E-state index in [1.54, 1.807) is 16.5 Å². The average molecular weight is 540 g/mol. The molecule has 1 fully saturated rings. The number of hydrogen-bond acceptors (Lipinski definition) is 7. The van der Waals surface area contributed by atoms with Crippen molar-refractivity contribution in [1.29, 1.82) is 0 Å². The summed E-state index contributed by atoms with van der Waals surface area (Å²) in [7, 11) is 4.00. The molecule has 12 heteroatoms. The van der Waals surface area contributed by atoms with Crippen LogP contribution in [-0.4, -0.2) is 74.8 Å². The van der Waals surface area contributed by atoms with Crippen molar-refractivity contribution in [2.24, 2.45) is 0 Å². The van der Waals surface area contributed by atoms with Crippen molar-refractivity contribution < 1.29 is 13.2 Å². The average Bonchev–Trinajstić information content (AvgIpc) is 3.32. The first-order valence-electron chi connectivity index (χ1n) is 11.6. The third-order valence-corrected chi connectivity index (χ3v) is 7.29. The Morgan fingerprint density at radius 3 is 2.58 bits per heavy atom. The third-order valence-electron chi connectivity index (χ3n) is 6.10. The molecule has 0 saturated carbocycles. The van der Waals surface area contributed by atoms with E-state index >= 15 is 0 Å². The van der Waals surface area contributed by atoms with Gasteiger partial charge >= 0.3 is 6.18 Å². The minimum atomic E-state index is -4.62. The van der Waals surface area contributed by atoms with Gasteiger partial charge in [0.15, 0.2) is 0 Å². The number of likely N-dealkylation sites (N-methyl/N-ethyl adjacent to an activating group) is 1. The van der Waals surface area contributed by atoms with Crippen LogP contribution in [0.4, 0.5) is 19.1 Å². The lowest BCUT2D eigenvalue weighted by atomic mass is 10.1. The Morgan fingerprint density at radius 1 is 1.19 bits per heavy atom. The Balaban J connectivity index is 1.59. The summed E-state index contributed by atoms with van der Waals surface area (Å²) in [5.74, 6) is 0.165. The topological polar surface area (TPSA) is 62.1 Å². The number of aromatic nitrogens is 4. The summed E-state index contributed by atoms with van der Waals surface area (Å²) in [6.07, 6.45) is 3.76. The maximum atomic E-state index is 13.8. The van der Waals surface area contributed by atoms with Crippen LogP contribution in [0.2, 0.25) is 5.02 Å². The Labute approximate surface area is 218 Å². The van der Waals surface area contributed by atoms with Crippen LogP contribution in [0.5, 0.6) is 0 Å². The fourth-order valence-corrected chi connectivity index (χ4v) is 4.94. The van der Waals surface area contributed by atoms with Crippen LogP contribution >= 0.6 is 23.5 Å². The Hall–Kier alpha value is -2.34. The highest BCUT2D eigenvalue weighted by Gasteiger charge is 2.36. The SMILES string of the molecule is CSN1CCC(Nc2ncc(C(F)(F)F)c(-c3cn(-c4ccc(CCN(C)C)cc4Cl)cn3)n2)CC1. The maximum absolute atomic E-state index is 13.8. The summed E-state index contributed by atoms with van der Waals surface area (Å²) in [4.78, 5) is 14.5. The Morgan fingerprint density at radius 2 is 1.94 bits per heavy atom. The molecule has 0 spiro atoms. The molecule has 194 valence electrons. The van der Waals surface area contributed by atoms with Gasteiger partial charge in [0.1, 0.15) is 23.3 Å². The van der Waals surface area contributed by atoms with E-state index in [-0.39, 0.29) is 23.4 Å². The second-order valence-corrected chi connectivity index (χ2v) is 10.3. The number of piperidine rings is 1. The Kier molecular flexibility index (Phi) is 8.44. The highest BCUT2D eigenvalue weighted by molar-refractivity contribution is 7.96. The van der Waals surface area contributed by atoms with E-state index in [1.165, 1.54) is 12.5 Å². The Bertz CT molecular complexity index is 1180. The molecule has 0 bridgehead atoms. The van der Waals surface area contributed by atoms with Crippen molar-refractivity contribution in [1.82, 2.24) is 28.7 Å². The summed E-state index contributed by atoms with van der Waals surface area (Å²) in [5, 5.41) is 3.70. The molecule has 0 unspecified atom stereocenters. The fourth-order valence-electron chi connectivity index (χ4n) is 4.06. The number of benzene rings is 1. The van der Waals surface area contributed by atoms with E-state index in [0.717, 1.165) is 50.7 Å². The van der Waals surface area contributed by atoms with Gasteiger partial charge in [-0.3, -0.25) is 4.31 Å². The first-order valence-corrected chi connectivity index (χ1v) is 13.2. The van der Waals surface area contributed by atoms with Crippen LogP contribution in [0, 0.1) is 0 Å². The molecule has 0 aliphatic carbocycles. The van der Waals surface area contributed by atoms with Crippen LogP contribution in [0.15, 0.2) is 36.9 Å². The van der Waals surface area contributed by atoms with Gasteiger partial charge in [0.25, 0.3) is 0 Å². The molecule has 1 aliphatic heterocycles. The molecule has 0 radical (unpaired) electrons. The monoisotopic (exact) mass is 539 g/mol. The first kappa shape index (κ1) is 26.7. The van der Waals surface area contributed by atoms with E-state index in [1.807, 2.05) is 38.6 Å². The molecule has 3 aromatic rings. The van der Waals surface area contributed by atoms with E-state index in [4.69, 9.17) is 11.6 Å². The zero-order valence-corrected chi connectivity index (χ0v) is 22.0. The zero-order chi connectivity index (χ0) is 25.9. The molecular formula is C24H29ClF3N7S. The molecule has 36 heavy (non-hydrogen) atoms. The lowest BCUT2D eigenvalue weighted by molar-refractivity contribution is -0.137. The van der Waals surface area contributed by atoms with Crippen LogP contribution in [0.1, 0.15) is 24.0 Å². The maximum Gasteiger partial charge on any atom is 0.420 e. The molecule has 0 atom stereocenters. The van der Waals surface area contributed by atoms with E-state index < -0.39 is 11.7 Å². The molecule has 0 amide bonds. The van der Waals surface area contributed by atoms with Crippen molar-refractivity contribution in [3.63, 3.8) is 0 Å². The molecule has 7 nitrogen and oxygen atoms in total. The number of rotatable bonds is 8. The second kappa shape index (κ2) is 11.4. The standard InChI is InChI=1S/C24H29ClF3N7S/c1-33(2)9-6-16-4-5-21(19(25)12-16)34-14-20(30-15-34)22-18(24(26,27)28)13-29-23(32-22)31-17-7-10-35(36-3)11-8-17/h4-5,12-15,17H,6-11H2,1-3H3,(H,29,31,32). The highest BCUT2D eigenvalue weighted by atomic mass is 35.5. The largest absolute Gasteiger partial charge is 0.420 e. The van der Waals surface area contributed by atoms with Gasteiger partial charge < -0.3 is 14.8 Å². The van der Waals surface area contributed by atoms with Gasteiger partial charge in [0, 0.05) is 38.1 Å². The van der Waals surface area contributed by atoms with Crippen molar-refractivity contribution in [3.8, 4) is 17.1 Å². The van der Waals surface area contributed by atoms with Gasteiger partial charge in [-0.2, -0.15) is 13.2 Å². The van der Waals surface area contributed by atoms with Gasteiger partial charge in [0.05, 0.1) is 10.7 Å². The number of halogens is 4. The van der Waals surface area contributed by atoms with E-state index in [0.29, 0.717) is 10.7 Å². The third kappa shape index (κ3) is 6.50. The molecule has 1 N–H and O–H groups in total. The highest BCUT2D eigenvalue weighted by Crippen LogP contribution is 2.36. The van der Waals surface area contributed by atoms with Gasteiger partial charge in [-0.1, -0.05) is 29.6 Å². The summed E-state index contributed by atoms with van der Waals surface area (Å²) in [5.41, 5.74) is 0.606. The van der Waals surface area contributed by atoms with Crippen LogP contribution in [-0.2, 0) is 12.6 Å². The van der Waals surface area contributed by atoms with E-state index in [2.05, 4.69) is 29.5 Å². The van der Waals surface area contributed by atoms with Crippen LogP contribution in [0.3, 0.4) is 0 Å². The molecule has 3 heterocycles. The van der Waals surface area contributed by atoms with Crippen molar-refractivity contribution >= 4 is 29.5 Å². The number of alkyl halides is 3. The van der Waals surface area contributed by atoms with Crippen molar-refractivity contribution in [2.45, 2.75) is 31.5 Å². The molecule has 1 aliphatic rings. The van der Waals surface area contributed by atoms with Crippen LogP contribution < -0.4 is 5.32 Å². The fraction of sp³-hybridized carbons (Fsp3) is 0.458. The van der Waals surface area contributed by atoms with Gasteiger partial charge in [-0.15, -0.1) is 0 Å². The summed E-state index contributed by atoms with van der Waals surface area (Å²) < 4.78 is 45.3. The van der Waals surface area contributed by atoms with Crippen LogP contribution in [0.25, 0.3) is 17.1 Å². The predicted octanol–water partition coefficient (Wildman–Crippen LogP) is 5.26. The molecule has 1 aromatic carbocycles. The van der Waals surface area contributed by atoms with Gasteiger partial charge in [-0.25, -0.2) is 15.0 Å². The number of nitrogens with zero attached hydrogens (tertiary/aromatic N) is 6. The number of imidazole rings is 1. The lowest BCUT2D eigenvalue weighted by Crippen LogP contribution is -2.35. The summed E-state index contributed by atoms with van der Waals surface area (Å²) in [6.45, 7) is 2.67. The summed E-state index contributed by atoms with van der Waals surface area (Å²) in [6, 6.07) is 5.77. The number of hydrogen-bond donors (Lipinski definition) is 1. The lowest BCUT2D eigenvalue weighted by Gasteiger charge is -2.30. The number of anilines is 1. The minimum Gasteiger partial charge on any atom is -0.351 e. The molecule has 1 saturated heterocycles. The minimum absolute atomic E-state index is 0.0951. The van der Waals surface area contributed by atoms with Crippen molar-refractivity contribution in [3.05, 3.63) is 53.1 Å². The zero-order valence-electron chi connectivity index (χ0n) is 20.4. The molecule has 2 aromatic heterocycles. The second-order valence-electron chi connectivity index (χ2n) is 8.99. The van der Waals surface area contributed by atoms with Gasteiger partial charge in [0.2, 0.25) is 5.95 Å². The normalized spacial score (nSPS) is 15.6. The van der Waals surface area contributed by atoms with E-state index in [9.17, 15) is 13.2 Å². The number of nitrogens with one attached hydrogen (secondary N) is 1. The van der Waals surface area contributed by atoms with Crippen molar-refractivity contribution in [2.75, 3.05) is 45.3 Å². The molecule has 4 rings (SSSR count). The van der Waals surface area contributed by atoms with Gasteiger partial charge in [-0.05, 0) is 57.3 Å². The quantitative estimate of drug-likeness (QED) is 0.392. The summed E-state index contributed by atoms with van der Waals surface area (Å²) >= 11 is 8.20. The first-order chi connectivity index (χ1) is 17.1.